The minimum Gasteiger partial charge on any atom is -0.566 e. The van der Waals surface area contributed by atoms with Gasteiger partial charge in [-0.3, -0.25) is 0 Å². The Morgan fingerprint density at radius 3 is 2.15 bits per heavy atom. The van der Waals surface area contributed by atoms with Gasteiger partial charge in [0.25, 0.3) is 0 Å². The third-order valence-electron chi connectivity index (χ3n) is 4.49. The summed E-state index contributed by atoms with van der Waals surface area (Å²) in [6.45, 7) is 0. The van der Waals surface area contributed by atoms with Gasteiger partial charge in [0.05, 0.1) is 5.39 Å². The van der Waals surface area contributed by atoms with Crippen molar-refractivity contribution in [3.8, 4) is 11.5 Å². The van der Waals surface area contributed by atoms with Gasteiger partial charge in [0.2, 0.25) is 5.82 Å². The monoisotopic (exact) mass is 600 g/mol. The number of hydrogen-bond donors (Lipinski definition) is 0. The molecule has 0 radical (unpaired) electrons. The van der Waals surface area contributed by atoms with Crippen LogP contribution < -0.4 is 34.5 Å². The zero-order chi connectivity index (χ0) is 23.9. The van der Waals surface area contributed by atoms with Crippen LogP contribution in [0, 0.1) is 34.9 Å². The Kier molecular flexibility index (Phi) is 6.45. The van der Waals surface area contributed by atoms with Crippen molar-refractivity contribution < 1.29 is 68.3 Å². The van der Waals surface area contributed by atoms with Crippen molar-refractivity contribution in [1.29, 1.82) is 0 Å². The number of fused-ring (bicyclic) bond motifs is 2. The smallest absolute Gasteiger partial charge is 0.566 e. The van der Waals surface area contributed by atoms with E-state index in [9.17, 15) is 34.3 Å². The third-order valence-corrected chi connectivity index (χ3v) is 7.47. The molecule has 0 aliphatic heterocycles. The lowest BCUT2D eigenvalue weighted by Gasteiger charge is -2.18. The molecule has 0 saturated carbocycles. The normalized spacial score (nSPS) is 13.3. The van der Waals surface area contributed by atoms with Crippen molar-refractivity contribution in [2.75, 3.05) is 0 Å². The molecular weight excluding hydrogens is 592 g/mol. The lowest BCUT2D eigenvalue weighted by atomic mass is 10.1. The molecule has 0 aromatic heterocycles. The van der Waals surface area contributed by atoms with Gasteiger partial charge in [0.15, 0.2) is 34.8 Å². The Hall–Kier alpha value is -2.54. The van der Waals surface area contributed by atoms with Crippen molar-refractivity contribution in [2.24, 2.45) is 0 Å². The van der Waals surface area contributed by atoms with E-state index in [1.807, 2.05) is 0 Å². The highest BCUT2D eigenvalue weighted by molar-refractivity contribution is 7.49. The minimum absolute atomic E-state index is 0.114. The van der Waals surface area contributed by atoms with Crippen LogP contribution in [0.15, 0.2) is 48.5 Å². The molecule has 0 amide bonds. The number of phosphoric acid groups is 1. The number of hydrogen-bond acceptors (Lipinski definition) is 5. The summed E-state index contributed by atoms with van der Waals surface area (Å²) in [4.78, 5) is 0. The van der Waals surface area contributed by atoms with E-state index in [-0.39, 0.29) is 11.8 Å². The summed E-state index contributed by atoms with van der Waals surface area (Å²) in [5.41, 5.74) is 0. The van der Waals surface area contributed by atoms with E-state index in [0.29, 0.717) is 10.8 Å². The van der Waals surface area contributed by atoms with Gasteiger partial charge in [-0.15, -0.1) is 0 Å². The Morgan fingerprint density at radius 1 is 0.758 bits per heavy atom. The molecule has 1 atom stereocenters. The van der Waals surface area contributed by atoms with Crippen molar-refractivity contribution >= 4 is 29.4 Å². The van der Waals surface area contributed by atoms with Crippen LogP contribution in [0.1, 0.15) is 0 Å². The SMILES string of the molecule is O=P(O[I+][O-])(Oc1cccc2ccccc12)Oc1c(F)c(F)c(F)c2c(F)c(F)c(F)cc12. The maximum Gasteiger partial charge on any atom is 0.631 e. The first-order valence-corrected chi connectivity index (χ1v) is 12.0. The summed E-state index contributed by atoms with van der Waals surface area (Å²) in [5, 5.41) is -1.68. The maximum absolute atomic E-state index is 14.5. The van der Waals surface area contributed by atoms with E-state index in [1.54, 1.807) is 30.3 Å². The summed E-state index contributed by atoms with van der Waals surface area (Å²) in [5.74, 6) is -14.5. The lowest BCUT2D eigenvalue weighted by molar-refractivity contribution is -1.25. The number of benzene rings is 4. The second-order valence-corrected chi connectivity index (χ2v) is 9.36. The van der Waals surface area contributed by atoms with Gasteiger partial charge in [-0.1, -0.05) is 36.4 Å². The largest absolute Gasteiger partial charge is 0.631 e. The van der Waals surface area contributed by atoms with E-state index in [4.69, 9.17) is 9.05 Å². The van der Waals surface area contributed by atoms with Crippen molar-refractivity contribution in [3.63, 3.8) is 0 Å². The topological polar surface area (TPSA) is 67.8 Å². The molecule has 4 rings (SSSR count). The zero-order valence-electron chi connectivity index (χ0n) is 15.8. The molecule has 0 spiro atoms. The quantitative estimate of drug-likeness (QED) is 0.148. The van der Waals surface area contributed by atoms with Crippen LogP contribution >= 0.6 is 7.82 Å². The van der Waals surface area contributed by atoms with E-state index >= 15 is 0 Å². The maximum atomic E-state index is 14.5. The molecule has 0 N–H and O–H groups in total. The summed E-state index contributed by atoms with van der Waals surface area (Å²) in [7, 11) is -5.11. The fourth-order valence-corrected chi connectivity index (χ4v) is 5.13. The highest BCUT2D eigenvalue weighted by atomic mass is 127. The van der Waals surface area contributed by atoms with E-state index < -0.39 is 81.3 Å². The number of halogens is 7. The minimum atomic E-state index is -5.11. The van der Waals surface area contributed by atoms with E-state index in [0.717, 1.165) is 0 Å². The molecule has 13 heteroatoms. The number of phosphoric ester groups is 1. The van der Waals surface area contributed by atoms with E-state index in [2.05, 4.69) is 2.85 Å². The standard InChI is InChI=1S/C20H8F6IO5P/c21-12-8-11-14(16(23)15(12)22)17(24)18(25)19(26)20(11)31-33(29,32-27-28)30-13-7-3-5-9-4-1-2-6-10(9)13/h1-8H. The molecule has 0 fully saturated rings. The predicted octanol–water partition coefficient (Wildman–Crippen LogP) is 2.69. The average Bonchev–Trinajstić information content (AvgIpc) is 2.79. The van der Waals surface area contributed by atoms with Crippen LogP contribution in [-0.4, -0.2) is 0 Å². The zero-order valence-corrected chi connectivity index (χ0v) is 18.8. The first kappa shape index (κ1) is 23.6. The summed E-state index contributed by atoms with van der Waals surface area (Å²) in [6.07, 6.45) is 0. The van der Waals surface area contributed by atoms with Crippen molar-refractivity contribution in [1.82, 2.24) is 0 Å². The van der Waals surface area contributed by atoms with Crippen LogP contribution in [0.2, 0.25) is 0 Å². The van der Waals surface area contributed by atoms with Crippen LogP contribution in [0.5, 0.6) is 11.5 Å². The molecule has 0 saturated heterocycles. The average molecular weight is 600 g/mol. The highest BCUT2D eigenvalue weighted by Gasteiger charge is 2.40. The first-order chi connectivity index (χ1) is 15.7. The summed E-state index contributed by atoms with van der Waals surface area (Å²) >= 11 is -2.57. The van der Waals surface area contributed by atoms with Gasteiger partial charge in [-0.05, 0) is 20.4 Å². The van der Waals surface area contributed by atoms with Gasteiger partial charge >= 0.3 is 29.9 Å². The number of rotatable bonds is 6. The van der Waals surface area contributed by atoms with Gasteiger partial charge in [0.1, 0.15) is 5.75 Å². The molecule has 4 aromatic rings. The van der Waals surface area contributed by atoms with Crippen molar-refractivity contribution in [3.05, 3.63) is 83.4 Å². The summed E-state index contributed by atoms with van der Waals surface area (Å²) < 4.78 is 123. The van der Waals surface area contributed by atoms with Crippen LogP contribution in [0.3, 0.4) is 0 Å². The molecule has 0 bridgehead atoms. The van der Waals surface area contributed by atoms with Gasteiger partial charge in [-0.2, -0.15) is 4.39 Å². The van der Waals surface area contributed by atoms with Crippen LogP contribution in [0.25, 0.3) is 21.5 Å². The molecule has 172 valence electrons. The second-order valence-electron chi connectivity index (χ2n) is 6.42. The Balaban J connectivity index is 1.89. The Morgan fingerprint density at radius 2 is 1.42 bits per heavy atom. The van der Waals surface area contributed by atoms with Gasteiger partial charge < -0.3 is 12.5 Å². The molecule has 33 heavy (non-hydrogen) atoms. The van der Waals surface area contributed by atoms with Crippen LogP contribution in [-0.2, 0) is 7.42 Å². The fourth-order valence-electron chi connectivity index (χ4n) is 3.09. The molecule has 4 aromatic carbocycles. The molecule has 0 aliphatic rings. The Labute approximate surface area is 192 Å². The molecule has 5 nitrogen and oxygen atoms in total. The highest BCUT2D eigenvalue weighted by Crippen LogP contribution is 2.51. The van der Waals surface area contributed by atoms with Gasteiger partial charge in [-0.25, -0.2) is 26.5 Å². The van der Waals surface area contributed by atoms with Crippen LogP contribution in [0.4, 0.5) is 26.3 Å². The predicted molar refractivity (Wildman–Crippen MR) is 97.6 cm³/mol. The van der Waals surface area contributed by atoms with Gasteiger partial charge in [0, 0.05) is 10.8 Å². The van der Waals surface area contributed by atoms with E-state index in [1.165, 1.54) is 12.1 Å². The molecule has 1 unspecified atom stereocenters. The molecular formula is C20H8F6IO5P. The fraction of sp³-hybridized carbons (Fsp3) is 0. The molecule has 0 heterocycles. The second kappa shape index (κ2) is 9.01. The summed E-state index contributed by atoms with van der Waals surface area (Å²) in [6, 6.07) is 11.1. The Bertz CT molecular complexity index is 1440. The first-order valence-electron chi connectivity index (χ1n) is 8.73. The molecule has 0 aliphatic carbocycles. The third kappa shape index (κ3) is 4.23. The van der Waals surface area contributed by atoms with Crippen molar-refractivity contribution in [2.45, 2.75) is 0 Å². The lowest BCUT2D eigenvalue weighted by Crippen LogP contribution is -3.69.